The van der Waals surface area contributed by atoms with Crippen LogP contribution in [0.1, 0.15) is 5.56 Å². The number of anilines is 1. The van der Waals surface area contributed by atoms with E-state index >= 15 is 0 Å². The highest BCUT2D eigenvalue weighted by Gasteiger charge is 2.10. The number of benzene rings is 3. The number of fused-ring (bicyclic) bond motifs is 1. The number of halogens is 1. The van der Waals surface area contributed by atoms with Crippen molar-refractivity contribution in [2.75, 3.05) is 26.1 Å². The lowest BCUT2D eigenvalue weighted by Gasteiger charge is -2.10. The second kappa shape index (κ2) is 9.80. The largest absolute Gasteiger partial charge is 0.493 e. The molecule has 0 fully saturated rings. The van der Waals surface area contributed by atoms with E-state index in [1.165, 1.54) is 26.4 Å². The fourth-order valence-corrected chi connectivity index (χ4v) is 3.14. The van der Waals surface area contributed by atoms with Crippen LogP contribution in [0.15, 0.2) is 60.7 Å². The predicted molar refractivity (Wildman–Crippen MR) is 117 cm³/mol. The normalized spacial score (nSPS) is 10.8. The van der Waals surface area contributed by atoms with E-state index in [2.05, 4.69) is 5.32 Å². The van der Waals surface area contributed by atoms with Gasteiger partial charge in [-0.3, -0.25) is 4.79 Å². The summed E-state index contributed by atoms with van der Waals surface area (Å²) >= 11 is 6.14. The zero-order valence-electron chi connectivity index (χ0n) is 16.5. The average Bonchev–Trinajstić information content (AvgIpc) is 2.75. The molecule has 0 spiro atoms. The van der Waals surface area contributed by atoms with Gasteiger partial charge < -0.3 is 19.5 Å². The lowest BCUT2D eigenvalue weighted by atomic mass is 10.1. The van der Waals surface area contributed by atoms with Crippen LogP contribution in [0, 0.1) is 0 Å². The van der Waals surface area contributed by atoms with Crippen molar-refractivity contribution in [1.29, 1.82) is 0 Å². The molecule has 0 bridgehead atoms. The van der Waals surface area contributed by atoms with Crippen LogP contribution in [-0.2, 0) is 14.3 Å². The molecule has 0 radical (unpaired) electrons. The topological polar surface area (TPSA) is 73.9 Å². The minimum Gasteiger partial charge on any atom is -0.493 e. The molecule has 1 amide bonds. The van der Waals surface area contributed by atoms with Gasteiger partial charge in [-0.15, -0.1) is 0 Å². The summed E-state index contributed by atoms with van der Waals surface area (Å²) in [7, 11) is 2.98. The van der Waals surface area contributed by atoms with Gasteiger partial charge in [-0.05, 0) is 46.7 Å². The van der Waals surface area contributed by atoms with E-state index in [9.17, 15) is 9.59 Å². The molecule has 6 nitrogen and oxygen atoms in total. The zero-order valence-corrected chi connectivity index (χ0v) is 17.2. The van der Waals surface area contributed by atoms with Gasteiger partial charge in [0.05, 0.1) is 19.2 Å². The molecule has 30 heavy (non-hydrogen) atoms. The van der Waals surface area contributed by atoms with Crippen molar-refractivity contribution in [3.8, 4) is 11.5 Å². The highest BCUT2D eigenvalue weighted by Crippen LogP contribution is 2.36. The third-order valence-corrected chi connectivity index (χ3v) is 4.53. The minimum atomic E-state index is -0.658. The quantitative estimate of drug-likeness (QED) is 0.438. The summed E-state index contributed by atoms with van der Waals surface area (Å²) in [6.07, 6.45) is 2.72. The van der Waals surface area contributed by atoms with Crippen LogP contribution in [-0.4, -0.2) is 32.7 Å². The maximum Gasteiger partial charge on any atom is 0.331 e. The van der Waals surface area contributed by atoms with E-state index in [4.69, 9.17) is 25.8 Å². The first-order valence-corrected chi connectivity index (χ1v) is 9.43. The summed E-state index contributed by atoms with van der Waals surface area (Å²) in [5, 5.41) is 5.13. The van der Waals surface area contributed by atoms with E-state index in [1.54, 1.807) is 18.2 Å². The van der Waals surface area contributed by atoms with Gasteiger partial charge >= 0.3 is 5.97 Å². The predicted octanol–water partition coefficient (Wildman–Crippen LogP) is 4.71. The molecule has 0 aromatic heterocycles. The number of hydrogen-bond acceptors (Lipinski definition) is 5. The standard InChI is InChI=1S/C23H20ClNO5/c1-28-20-12-15(11-19(24)23(20)29-2)7-10-22(27)30-14-21(26)25-18-9-8-16-5-3-4-6-17(16)13-18/h3-13H,14H2,1-2H3,(H,25,26)/b10-7+. The molecule has 0 saturated carbocycles. The van der Waals surface area contributed by atoms with Crippen molar-refractivity contribution < 1.29 is 23.8 Å². The molecule has 0 aliphatic rings. The van der Waals surface area contributed by atoms with E-state index in [0.29, 0.717) is 27.8 Å². The first-order valence-electron chi connectivity index (χ1n) is 9.05. The molecule has 3 aromatic rings. The molecule has 1 N–H and O–H groups in total. The summed E-state index contributed by atoms with van der Waals surface area (Å²) < 4.78 is 15.4. The van der Waals surface area contributed by atoms with Gasteiger partial charge in [0.15, 0.2) is 18.1 Å². The van der Waals surface area contributed by atoms with Crippen molar-refractivity contribution in [3.05, 3.63) is 71.3 Å². The zero-order chi connectivity index (χ0) is 21.5. The van der Waals surface area contributed by atoms with E-state index < -0.39 is 18.5 Å². The molecule has 7 heteroatoms. The van der Waals surface area contributed by atoms with Gasteiger partial charge in [0.1, 0.15) is 0 Å². The number of amides is 1. The van der Waals surface area contributed by atoms with Gasteiger partial charge in [0.25, 0.3) is 5.91 Å². The molecule has 0 heterocycles. The molecular formula is C23H20ClNO5. The lowest BCUT2D eigenvalue weighted by Crippen LogP contribution is -2.20. The first kappa shape index (κ1) is 21.2. The minimum absolute atomic E-state index is 0.347. The number of hydrogen-bond donors (Lipinski definition) is 1. The number of nitrogens with one attached hydrogen (secondary N) is 1. The third kappa shape index (κ3) is 5.30. The maximum atomic E-state index is 12.1. The monoisotopic (exact) mass is 425 g/mol. The Morgan fingerprint density at radius 1 is 1.00 bits per heavy atom. The van der Waals surface area contributed by atoms with Crippen molar-refractivity contribution in [2.24, 2.45) is 0 Å². The summed E-state index contributed by atoms with van der Waals surface area (Å²) in [4.78, 5) is 24.0. The Morgan fingerprint density at radius 3 is 2.50 bits per heavy atom. The van der Waals surface area contributed by atoms with Gasteiger partial charge in [-0.25, -0.2) is 4.79 Å². The number of carbonyl (C=O) groups is 2. The van der Waals surface area contributed by atoms with Crippen LogP contribution in [0.5, 0.6) is 11.5 Å². The molecule has 3 rings (SSSR count). The number of esters is 1. The highest BCUT2D eigenvalue weighted by molar-refractivity contribution is 6.32. The highest BCUT2D eigenvalue weighted by atomic mass is 35.5. The molecule has 3 aromatic carbocycles. The number of ether oxygens (including phenoxy) is 3. The Hall–Kier alpha value is -3.51. The number of rotatable bonds is 7. The second-order valence-corrected chi connectivity index (χ2v) is 6.70. The van der Waals surface area contributed by atoms with Gasteiger partial charge in [0, 0.05) is 11.8 Å². The van der Waals surface area contributed by atoms with Crippen molar-refractivity contribution in [3.63, 3.8) is 0 Å². The molecule has 0 saturated heterocycles. The Morgan fingerprint density at radius 2 is 1.77 bits per heavy atom. The Bertz CT molecular complexity index is 1110. The average molecular weight is 426 g/mol. The van der Waals surface area contributed by atoms with E-state index in [0.717, 1.165) is 10.8 Å². The van der Waals surface area contributed by atoms with Gasteiger partial charge in [-0.2, -0.15) is 0 Å². The van der Waals surface area contributed by atoms with Crippen LogP contribution in [0.3, 0.4) is 0 Å². The van der Waals surface area contributed by atoms with Gasteiger partial charge in [-0.1, -0.05) is 41.9 Å². The smallest absolute Gasteiger partial charge is 0.331 e. The van der Waals surface area contributed by atoms with Gasteiger partial charge in [0.2, 0.25) is 0 Å². The van der Waals surface area contributed by atoms with Crippen LogP contribution < -0.4 is 14.8 Å². The molecule has 0 unspecified atom stereocenters. The summed E-state index contributed by atoms with van der Waals surface area (Å²) in [5.74, 6) is -0.243. The number of methoxy groups -OCH3 is 2. The second-order valence-electron chi connectivity index (χ2n) is 6.29. The fraction of sp³-hybridized carbons (Fsp3) is 0.130. The first-order chi connectivity index (χ1) is 14.5. The fourth-order valence-electron chi connectivity index (χ4n) is 2.85. The van der Waals surface area contributed by atoms with E-state index in [-0.39, 0.29) is 0 Å². The molecular weight excluding hydrogens is 406 g/mol. The summed E-state index contributed by atoms with van der Waals surface area (Å²) in [6.45, 7) is -0.400. The molecule has 0 aliphatic carbocycles. The van der Waals surface area contributed by atoms with Crippen LogP contribution in [0.4, 0.5) is 5.69 Å². The Labute approximate surface area is 179 Å². The van der Waals surface area contributed by atoms with Crippen LogP contribution in [0.2, 0.25) is 5.02 Å². The van der Waals surface area contributed by atoms with Crippen LogP contribution in [0.25, 0.3) is 16.8 Å². The molecule has 0 aliphatic heterocycles. The summed E-state index contributed by atoms with van der Waals surface area (Å²) in [5.41, 5.74) is 1.25. The van der Waals surface area contributed by atoms with E-state index in [1.807, 2.05) is 36.4 Å². The molecule has 0 atom stereocenters. The lowest BCUT2D eigenvalue weighted by molar-refractivity contribution is -0.142. The third-order valence-electron chi connectivity index (χ3n) is 4.25. The SMILES string of the molecule is COc1cc(/C=C/C(=O)OCC(=O)Nc2ccc3ccccc3c2)cc(Cl)c1OC. The van der Waals surface area contributed by atoms with Crippen LogP contribution >= 0.6 is 11.6 Å². The number of carbonyl (C=O) groups excluding carboxylic acids is 2. The van der Waals surface area contributed by atoms with Crippen molar-refractivity contribution in [2.45, 2.75) is 0 Å². The molecule has 154 valence electrons. The maximum absolute atomic E-state index is 12.1. The van der Waals surface area contributed by atoms with Crippen molar-refractivity contribution >= 4 is 46.0 Å². The Balaban J connectivity index is 1.56. The Kier molecular flexibility index (Phi) is 6.93. The summed E-state index contributed by atoms with van der Waals surface area (Å²) in [6, 6.07) is 16.7. The van der Waals surface area contributed by atoms with Crippen molar-refractivity contribution in [1.82, 2.24) is 0 Å².